The van der Waals surface area contributed by atoms with Crippen LogP contribution in [0.2, 0.25) is 0 Å². The van der Waals surface area contributed by atoms with Crippen molar-refractivity contribution in [2.45, 2.75) is 39.8 Å². The summed E-state index contributed by atoms with van der Waals surface area (Å²) in [6, 6.07) is 0.921. The molecule has 4 aliphatic rings. The van der Waals surface area contributed by atoms with Gasteiger partial charge in [0.1, 0.15) is 0 Å². The Kier molecular flexibility index (Phi) is 9.43. The molecule has 146 valence electrons. The molecule has 0 bridgehead atoms. The molecule has 4 aliphatic carbocycles. The first-order valence-corrected chi connectivity index (χ1v) is 16.4. The van der Waals surface area contributed by atoms with Gasteiger partial charge in [-0.2, -0.15) is 0 Å². The number of hydrogen-bond donors (Lipinski definition) is 0. The summed E-state index contributed by atoms with van der Waals surface area (Å²) in [5.41, 5.74) is 0. The molecule has 4 rings (SSSR count). The van der Waals surface area contributed by atoms with Gasteiger partial charge in [-0.15, -0.1) is 0 Å². The summed E-state index contributed by atoms with van der Waals surface area (Å²) in [5.74, 6) is 8.32. The second-order valence-corrected chi connectivity index (χ2v) is 11.6. The van der Waals surface area contributed by atoms with E-state index in [1.54, 1.807) is 0 Å². The SMILES string of the molecule is CC(C)N(B([C]1[CH][CH][CH][CH]1)[C]1[C]2C=CC=C[C]2[C]2C=CC=C[C]21)C(C)C.[Cl][Zr+2][Cl]. The van der Waals surface area contributed by atoms with E-state index < -0.39 is 20.8 Å². The molecule has 0 heterocycles. The Morgan fingerprint density at radius 2 is 1.10 bits per heavy atom. The fourth-order valence-electron chi connectivity index (χ4n) is 4.60. The van der Waals surface area contributed by atoms with Crippen molar-refractivity contribution in [1.29, 1.82) is 0 Å². The van der Waals surface area contributed by atoms with Crippen molar-refractivity contribution in [3.05, 3.63) is 110 Å². The number of hydrogen-bond acceptors (Lipinski definition) is 1. The van der Waals surface area contributed by atoms with Gasteiger partial charge in [0.2, 0.25) is 6.85 Å². The molecule has 0 spiro atoms. The minimum absolute atomic E-state index is 0.259. The van der Waals surface area contributed by atoms with Crippen LogP contribution in [-0.4, -0.2) is 23.7 Å². The first kappa shape index (κ1) is 24.1. The van der Waals surface area contributed by atoms with E-state index in [0.717, 1.165) is 0 Å². The van der Waals surface area contributed by atoms with E-state index in [4.69, 9.17) is 17.0 Å². The van der Waals surface area contributed by atoms with Crippen molar-refractivity contribution in [2.75, 3.05) is 0 Å². The Morgan fingerprint density at radius 3 is 1.48 bits per heavy atom. The number of nitrogens with zero attached hydrogens (tertiary/aromatic N) is 1. The zero-order valence-corrected chi connectivity index (χ0v) is 21.3. The first-order chi connectivity index (χ1) is 14.0. The quantitative estimate of drug-likeness (QED) is 0.412. The summed E-state index contributed by atoms with van der Waals surface area (Å²) >= 11 is -0.826. The molecule has 0 N–H and O–H groups in total. The summed E-state index contributed by atoms with van der Waals surface area (Å²) in [4.78, 5) is 2.64. The van der Waals surface area contributed by atoms with Gasteiger partial charge in [0.25, 0.3) is 0 Å². The molecule has 0 amide bonds. The second kappa shape index (κ2) is 11.4. The molecule has 1 nitrogen and oxygen atoms in total. The molecule has 0 atom stereocenters. The molecule has 2 fully saturated rings. The van der Waals surface area contributed by atoms with Gasteiger partial charge >= 0.3 is 37.9 Å². The van der Waals surface area contributed by atoms with Crippen molar-refractivity contribution in [2.24, 2.45) is 0 Å². The van der Waals surface area contributed by atoms with Crippen LogP contribution in [0.3, 0.4) is 0 Å². The van der Waals surface area contributed by atoms with Gasteiger partial charge in [0.15, 0.2) is 0 Å². The van der Waals surface area contributed by atoms with Gasteiger partial charge < -0.3 is 4.81 Å². The Bertz CT molecular complexity index is 597. The maximum atomic E-state index is 4.93. The standard InChI is InChI=1S/C24H26BN.2ClH.Zr/c1-17(2)26(18(3)4)25(19-11-5-6-12-19)24-22-15-9-7-13-20(22)21-14-8-10-16-23(21)24;;;/h5-18H,1-4H3;2*1H;/q;;;+4/p-2. The summed E-state index contributed by atoms with van der Waals surface area (Å²) in [6.07, 6.45) is 26.6. The average Bonchev–Trinajstić information content (AvgIpc) is 3.33. The molecule has 0 aromatic heterocycles. The Labute approximate surface area is 197 Å². The molecule has 0 aromatic carbocycles. The molecule has 0 unspecified atom stereocenters. The number of allylic oxidation sites excluding steroid dienone is 8. The van der Waals surface area contributed by atoms with Crippen LogP contribution in [0.25, 0.3) is 0 Å². The molecule has 0 saturated heterocycles. The third kappa shape index (κ3) is 5.27. The molecular weight excluding hydrogens is 475 g/mol. The van der Waals surface area contributed by atoms with Crippen molar-refractivity contribution >= 4 is 23.9 Å². The number of halogens is 2. The Balaban J connectivity index is 0.000000755. The van der Waals surface area contributed by atoms with Crippen molar-refractivity contribution in [3.8, 4) is 0 Å². The third-order valence-corrected chi connectivity index (χ3v) is 5.49. The molecule has 0 aromatic rings. The second-order valence-electron chi connectivity index (χ2n) is 7.83. The van der Waals surface area contributed by atoms with E-state index in [0.29, 0.717) is 12.1 Å². The van der Waals surface area contributed by atoms with E-state index in [1.165, 1.54) is 35.3 Å². The van der Waals surface area contributed by atoms with Crippen LogP contribution >= 0.6 is 17.0 Å². The first-order valence-electron chi connectivity index (χ1n) is 10.0. The summed E-state index contributed by atoms with van der Waals surface area (Å²) in [6.45, 7) is 9.49. The monoisotopic (exact) mass is 499 g/mol. The summed E-state index contributed by atoms with van der Waals surface area (Å²) in [5, 5.41) is 0. The van der Waals surface area contributed by atoms with Crippen molar-refractivity contribution in [3.63, 3.8) is 0 Å². The van der Waals surface area contributed by atoms with Crippen LogP contribution in [-0.2, 0) is 20.8 Å². The number of fused-ring (bicyclic) bond motifs is 3. The molecule has 0 aliphatic heterocycles. The molecule has 10 radical (unpaired) electrons. The zero-order chi connectivity index (χ0) is 21.0. The van der Waals surface area contributed by atoms with Gasteiger partial charge in [0.05, 0.1) is 0 Å². The van der Waals surface area contributed by atoms with Crippen LogP contribution in [0, 0.1) is 61.0 Å². The van der Waals surface area contributed by atoms with E-state index in [2.05, 4.69) is 107 Å². The fourth-order valence-corrected chi connectivity index (χ4v) is 4.60. The van der Waals surface area contributed by atoms with E-state index >= 15 is 0 Å². The van der Waals surface area contributed by atoms with Gasteiger partial charge in [-0.25, -0.2) is 0 Å². The van der Waals surface area contributed by atoms with Gasteiger partial charge in [0, 0.05) is 23.7 Å². The van der Waals surface area contributed by atoms with Gasteiger partial charge in [-0.05, 0) is 49.4 Å². The van der Waals surface area contributed by atoms with Crippen LogP contribution in [0.4, 0.5) is 0 Å². The minimum atomic E-state index is -0.826. The summed E-state index contributed by atoms with van der Waals surface area (Å²) in [7, 11) is 9.87. The maximum absolute atomic E-state index is 4.93. The number of rotatable bonds is 5. The van der Waals surface area contributed by atoms with Gasteiger partial charge in [-0.1, -0.05) is 76.3 Å². The predicted octanol–water partition coefficient (Wildman–Crippen LogP) is 6.09. The normalized spacial score (nSPS) is 23.1. The van der Waals surface area contributed by atoms with Crippen molar-refractivity contribution < 1.29 is 20.8 Å². The predicted molar refractivity (Wildman–Crippen MR) is 123 cm³/mol. The third-order valence-electron chi connectivity index (χ3n) is 5.49. The molecule has 29 heavy (non-hydrogen) atoms. The van der Waals surface area contributed by atoms with Crippen LogP contribution < -0.4 is 0 Å². The van der Waals surface area contributed by atoms with Crippen molar-refractivity contribution in [1.82, 2.24) is 4.81 Å². The summed E-state index contributed by atoms with van der Waals surface area (Å²) < 4.78 is 0. The molecule has 5 heteroatoms. The van der Waals surface area contributed by atoms with E-state index in [-0.39, 0.29) is 6.85 Å². The molecule has 2 saturated carbocycles. The van der Waals surface area contributed by atoms with E-state index in [9.17, 15) is 0 Å². The van der Waals surface area contributed by atoms with Crippen LogP contribution in [0.5, 0.6) is 0 Å². The van der Waals surface area contributed by atoms with Crippen LogP contribution in [0.15, 0.2) is 48.6 Å². The molecular formula is C24H26BCl2NZr+2. The Morgan fingerprint density at radius 1 is 0.724 bits per heavy atom. The Hall–Kier alpha value is 0.448. The zero-order valence-electron chi connectivity index (χ0n) is 17.4. The van der Waals surface area contributed by atoms with Gasteiger partial charge in [-0.3, -0.25) is 0 Å². The topological polar surface area (TPSA) is 3.24 Å². The van der Waals surface area contributed by atoms with Crippen LogP contribution in [0.1, 0.15) is 27.7 Å². The fraction of sp³-hybridized carbons (Fsp3) is 0.250. The average molecular weight is 501 g/mol. The van der Waals surface area contributed by atoms with E-state index in [1.807, 2.05) is 0 Å².